The van der Waals surface area contributed by atoms with Crippen LogP contribution in [0.15, 0.2) is 36.7 Å². The second-order valence-electron chi connectivity index (χ2n) is 5.09. The Morgan fingerprint density at radius 2 is 1.95 bits per heavy atom. The van der Waals surface area contributed by atoms with E-state index in [1.807, 2.05) is 6.07 Å². The summed E-state index contributed by atoms with van der Waals surface area (Å²) in [5.41, 5.74) is 2.24. The number of nitrogens with one attached hydrogen (secondary N) is 1. The average molecular weight is 312 g/mol. The molecule has 0 bridgehead atoms. The number of hydrogen-bond donors (Lipinski definition) is 1. The van der Waals surface area contributed by atoms with Crippen LogP contribution >= 0.6 is 11.7 Å². The van der Waals surface area contributed by atoms with E-state index in [0.717, 1.165) is 22.8 Å². The second-order valence-corrected chi connectivity index (χ2v) is 5.62. The average Bonchev–Trinajstić information content (AvgIpc) is 2.98. The molecule has 1 aliphatic rings. The maximum absolute atomic E-state index is 12.4. The van der Waals surface area contributed by atoms with Crippen LogP contribution in [0.5, 0.6) is 0 Å². The summed E-state index contributed by atoms with van der Waals surface area (Å²) >= 11 is 1.15. The summed E-state index contributed by atoms with van der Waals surface area (Å²) in [6.45, 7) is 1.29. The highest BCUT2D eigenvalue weighted by Crippen LogP contribution is 2.19. The van der Waals surface area contributed by atoms with Crippen molar-refractivity contribution in [2.45, 2.75) is 6.04 Å². The van der Waals surface area contributed by atoms with Gasteiger partial charge in [-0.2, -0.15) is 8.75 Å². The molecule has 110 valence electrons. The Hall–Kier alpha value is -2.61. The highest BCUT2D eigenvalue weighted by Gasteiger charge is 2.31. The van der Waals surface area contributed by atoms with Crippen LogP contribution in [-0.4, -0.2) is 48.7 Å². The zero-order valence-electron chi connectivity index (χ0n) is 11.5. The largest absolute Gasteiger partial charge is 0.348 e. The summed E-state index contributed by atoms with van der Waals surface area (Å²) in [6.07, 6.45) is 3.38. The number of likely N-dealkylation sites (tertiary alicyclic amines) is 1. The maximum atomic E-state index is 12.4. The van der Waals surface area contributed by atoms with Gasteiger partial charge in [0.05, 0.1) is 17.8 Å². The van der Waals surface area contributed by atoms with Gasteiger partial charge in [0.25, 0.3) is 5.91 Å². The SMILES string of the molecule is O=C(c1ccc2nsnc2c1)N1CC(Nc2ncccn2)C1. The highest BCUT2D eigenvalue weighted by atomic mass is 32.1. The van der Waals surface area contributed by atoms with Crippen LogP contribution in [0.2, 0.25) is 0 Å². The molecule has 8 heteroatoms. The number of fused-ring (bicyclic) bond motifs is 1. The molecule has 0 atom stereocenters. The fourth-order valence-electron chi connectivity index (χ4n) is 2.39. The van der Waals surface area contributed by atoms with Crippen LogP contribution < -0.4 is 5.32 Å². The lowest BCUT2D eigenvalue weighted by Crippen LogP contribution is -2.57. The zero-order chi connectivity index (χ0) is 14.9. The van der Waals surface area contributed by atoms with Crippen molar-refractivity contribution in [1.29, 1.82) is 0 Å². The molecule has 2 aromatic heterocycles. The van der Waals surface area contributed by atoms with Crippen molar-refractivity contribution in [1.82, 2.24) is 23.6 Å². The molecule has 1 amide bonds. The number of aromatic nitrogens is 4. The van der Waals surface area contributed by atoms with Crippen molar-refractivity contribution in [3.05, 3.63) is 42.2 Å². The summed E-state index contributed by atoms with van der Waals surface area (Å²) < 4.78 is 8.31. The molecule has 7 nitrogen and oxygen atoms in total. The summed E-state index contributed by atoms with van der Waals surface area (Å²) in [5.74, 6) is 0.608. The molecule has 1 aromatic carbocycles. The Morgan fingerprint density at radius 3 is 2.77 bits per heavy atom. The lowest BCUT2D eigenvalue weighted by Gasteiger charge is -2.39. The minimum atomic E-state index is 0.0157. The van der Waals surface area contributed by atoms with Crippen molar-refractivity contribution in [3.63, 3.8) is 0 Å². The van der Waals surface area contributed by atoms with Gasteiger partial charge in [-0.25, -0.2) is 9.97 Å². The van der Waals surface area contributed by atoms with E-state index in [0.29, 0.717) is 24.6 Å². The molecule has 3 aromatic rings. The molecule has 0 saturated carbocycles. The lowest BCUT2D eigenvalue weighted by molar-refractivity contribution is 0.0624. The van der Waals surface area contributed by atoms with E-state index in [1.54, 1.807) is 35.5 Å². The minimum Gasteiger partial charge on any atom is -0.348 e. The smallest absolute Gasteiger partial charge is 0.254 e. The summed E-state index contributed by atoms with van der Waals surface area (Å²) in [7, 11) is 0. The molecule has 0 spiro atoms. The molecule has 4 rings (SSSR count). The molecule has 0 radical (unpaired) electrons. The van der Waals surface area contributed by atoms with Crippen molar-refractivity contribution in [3.8, 4) is 0 Å². The van der Waals surface area contributed by atoms with Gasteiger partial charge in [-0.15, -0.1) is 0 Å². The van der Waals surface area contributed by atoms with Gasteiger partial charge in [-0.3, -0.25) is 4.79 Å². The molecule has 0 aliphatic carbocycles. The third kappa shape index (κ3) is 2.37. The van der Waals surface area contributed by atoms with Crippen LogP contribution in [0.3, 0.4) is 0 Å². The van der Waals surface area contributed by atoms with Crippen molar-refractivity contribution in [2.75, 3.05) is 18.4 Å². The molecule has 1 fully saturated rings. The number of amides is 1. The summed E-state index contributed by atoms with van der Waals surface area (Å²) in [4.78, 5) is 22.4. The maximum Gasteiger partial charge on any atom is 0.254 e. The van der Waals surface area contributed by atoms with E-state index in [-0.39, 0.29) is 11.9 Å². The van der Waals surface area contributed by atoms with E-state index in [4.69, 9.17) is 0 Å². The van der Waals surface area contributed by atoms with Crippen LogP contribution in [0.25, 0.3) is 11.0 Å². The predicted molar refractivity (Wildman–Crippen MR) is 82.8 cm³/mol. The van der Waals surface area contributed by atoms with E-state index >= 15 is 0 Å². The number of carbonyl (C=O) groups excluding carboxylic acids is 1. The first-order valence-electron chi connectivity index (χ1n) is 6.85. The van der Waals surface area contributed by atoms with Gasteiger partial charge in [-0.05, 0) is 24.3 Å². The Kier molecular flexibility index (Phi) is 3.15. The third-order valence-corrected chi connectivity index (χ3v) is 4.13. The quantitative estimate of drug-likeness (QED) is 0.787. The number of benzene rings is 1. The first-order valence-corrected chi connectivity index (χ1v) is 7.58. The van der Waals surface area contributed by atoms with Crippen molar-refractivity contribution < 1.29 is 4.79 Å². The fourth-order valence-corrected chi connectivity index (χ4v) is 2.91. The molecule has 3 heterocycles. The van der Waals surface area contributed by atoms with Gasteiger partial charge in [-0.1, -0.05) is 0 Å². The molecule has 22 heavy (non-hydrogen) atoms. The van der Waals surface area contributed by atoms with E-state index < -0.39 is 0 Å². The Balaban J connectivity index is 1.40. The van der Waals surface area contributed by atoms with E-state index in [1.165, 1.54) is 0 Å². The highest BCUT2D eigenvalue weighted by molar-refractivity contribution is 7.00. The molecular weight excluding hydrogens is 300 g/mol. The zero-order valence-corrected chi connectivity index (χ0v) is 12.3. The molecule has 1 aliphatic heterocycles. The van der Waals surface area contributed by atoms with Crippen LogP contribution in [-0.2, 0) is 0 Å². The van der Waals surface area contributed by atoms with Gasteiger partial charge in [0.15, 0.2) is 0 Å². The fraction of sp³-hybridized carbons (Fsp3) is 0.214. The Labute approximate surface area is 130 Å². The standard InChI is InChI=1S/C14H12N6OS/c21-13(9-2-3-11-12(6-9)19-22-18-11)20-7-10(8-20)17-14-15-4-1-5-16-14/h1-6,10H,7-8H2,(H,15,16,17). The molecular formula is C14H12N6OS. The first kappa shape index (κ1) is 13.1. The van der Waals surface area contributed by atoms with Crippen molar-refractivity contribution in [2.24, 2.45) is 0 Å². The predicted octanol–water partition coefficient (Wildman–Crippen LogP) is 1.42. The molecule has 1 saturated heterocycles. The van der Waals surface area contributed by atoms with Crippen LogP contribution in [0.4, 0.5) is 5.95 Å². The van der Waals surface area contributed by atoms with Gasteiger partial charge in [0.1, 0.15) is 11.0 Å². The minimum absolute atomic E-state index is 0.0157. The Morgan fingerprint density at radius 1 is 1.18 bits per heavy atom. The number of rotatable bonds is 3. The second kappa shape index (κ2) is 5.30. The van der Waals surface area contributed by atoms with Gasteiger partial charge in [0.2, 0.25) is 5.95 Å². The monoisotopic (exact) mass is 312 g/mol. The number of nitrogens with zero attached hydrogens (tertiary/aromatic N) is 5. The summed E-state index contributed by atoms with van der Waals surface area (Å²) in [5, 5.41) is 3.20. The van der Waals surface area contributed by atoms with Crippen molar-refractivity contribution >= 4 is 34.6 Å². The topological polar surface area (TPSA) is 83.9 Å². The van der Waals surface area contributed by atoms with E-state index in [2.05, 4.69) is 24.0 Å². The number of hydrogen-bond acceptors (Lipinski definition) is 7. The summed E-state index contributed by atoms with van der Waals surface area (Å²) in [6, 6.07) is 7.39. The lowest BCUT2D eigenvalue weighted by atomic mass is 10.1. The van der Waals surface area contributed by atoms with Gasteiger partial charge in [0, 0.05) is 31.0 Å². The number of carbonyl (C=O) groups is 1. The molecule has 1 N–H and O–H groups in total. The van der Waals surface area contributed by atoms with Gasteiger partial charge >= 0.3 is 0 Å². The first-order chi connectivity index (χ1) is 10.8. The number of anilines is 1. The normalized spacial score (nSPS) is 14.8. The Bertz CT molecular complexity index is 814. The van der Waals surface area contributed by atoms with Crippen LogP contribution in [0.1, 0.15) is 10.4 Å². The molecule has 0 unspecified atom stereocenters. The van der Waals surface area contributed by atoms with Crippen LogP contribution in [0, 0.1) is 0 Å². The third-order valence-electron chi connectivity index (χ3n) is 3.57. The van der Waals surface area contributed by atoms with Gasteiger partial charge < -0.3 is 10.2 Å². The van der Waals surface area contributed by atoms with E-state index in [9.17, 15) is 4.79 Å².